The molecular weight excluding hydrogens is 302 g/mol. The number of pyridine rings is 1. The number of primary sulfonamides is 1. The van der Waals surface area contributed by atoms with Crippen LogP contribution in [-0.2, 0) is 16.4 Å². The van der Waals surface area contributed by atoms with Gasteiger partial charge in [0.25, 0.3) is 5.91 Å². The summed E-state index contributed by atoms with van der Waals surface area (Å²) in [4.78, 5) is 15.8. The molecule has 1 aromatic heterocycles. The average Bonchev–Trinajstić information content (AvgIpc) is 2.52. The lowest BCUT2D eigenvalue weighted by molar-refractivity contribution is 0.0953. The highest BCUT2D eigenvalue weighted by molar-refractivity contribution is 7.89. The summed E-state index contributed by atoms with van der Waals surface area (Å²) in [6, 6.07) is 9.83. The molecule has 6 nitrogen and oxygen atoms in total. The van der Waals surface area contributed by atoms with Gasteiger partial charge in [-0.05, 0) is 42.7 Å². The second kappa shape index (κ2) is 7.15. The minimum atomic E-state index is -3.65. The van der Waals surface area contributed by atoms with Crippen molar-refractivity contribution in [3.05, 3.63) is 59.9 Å². The number of sulfonamides is 1. The Morgan fingerprint density at radius 1 is 1.18 bits per heavy atom. The van der Waals surface area contributed by atoms with Crippen LogP contribution >= 0.6 is 0 Å². The van der Waals surface area contributed by atoms with Gasteiger partial charge in [0.2, 0.25) is 10.0 Å². The molecule has 3 N–H and O–H groups in total. The number of amides is 1. The normalized spacial score (nSPS) is 11.1. The highest BCUT2D eigenvalue weighted by Gasteiger charge is 2.07. The highest BCUT2D eigenvalue weighted by atomic mass is 32.2. The number of nitrogens with one attached hydrogen (secondary N) is 1. The van der Waals surface area contributed by atoms with E-state index in [-0.39, 0.29) is 10.8 Å². The second-order valence-corrected chi connectivity index (χ2v) is 6.35. The molecule has 0 atom stereocenters. The van der Waals surface area contributed by atoms with E-state index in [0.717, 1.165) is 18.4 Å². The molecule has 116 valence electrons. The van der Waals surface area contributed by atoms with E-state index >= 15 is 0 Å². The Kier molecular flexibility index (Phi) is 5.24. The van der Waals surface area contributed by atoms with Crippen molar-refractivity contribution in [1.82, 2.24) is 10.3 Å². The van der Waals surface area contributed by atoms with Crippen molar-refractivity contribution in [3.8, 4) is 0 Å². The van der Waals surface area contributed by atoms with Crippen LogP contribution in [0.3, 0.4) is 0 Å². The van der Waals surface area contributed by atoms with Crippen molar-refractivity contribution in [1.29, 1.82) is 0 Å². The first-order valence-corrected chi connectivity index (χ1v) is 8.31. The molecule has 0 radical (unpaired) electrons. The van der Waals surface area contributed by atoms with E-state index in [4.69, 9.17) is 5.14 Å². The topological polar surface area (TPSA) is 102 Å². The van der Waals surface area contributed by atoms with E-state index in [1.165, 1.54) is 18.3 Å². The van der Waals surface area contributed by atoms with Crippen LogP contribution in [0.15, 0.2) is 53.7 Å². The average molecular weight is 319 g/mol. The molecule has 0 aliphatic rings. The maximum absolute atomic E-state index is 11.8. The third-order valence-electron chi connectivity index (χ3n) is 3.10. The molecule has 0 spiro atoms. The molecule has 0 aliphatic heterocycles. The number of nitrogens with zero attached hydrogens (tertiary/aromatic N) is 1. The van der Waals surface area contributed by atoms with Gasteiger partial charge in [-0.15, -0.1) is 0 Å². The van der Waals surface area contributed by atoms with Crippen molar-refractivity contribution >= 4 is 15.9 Å². The summed E-state index contributed by atoms with van der Waals surface area (Å²) in [7, 11) is -3.65. The summed E-state index contributed by atoms with van der Waals surface area (Å²) in [5.74, 6) is -0.155. The minimum Gasteiger partial charge on any atom is -0.352 e. The van der Waals surface area contributed by atoms with E-state index in [2.05, 4.69) is 10.3 Å². The van der Waals surface area contributed by atoms with Gasteiger partial charge < -0.3 is 5.32 Å². The number of carbonyl (C=O) groups is 1. The van der Waals surface area contributed by atoms with Crippen molar-refractivity contribution in [3.63, 3.8) is 0 Å². The van der Waals surface area contributed by atoms with E-state index < -0.39 is 10.0 Å². The Morgan fingerprint density at radius 3 is 2.50 bits per heavy atom. The van der Waals surface area contributed by atoms with Gasteiger partial charge in [0, 0.05) is 18.9 Å². The number of carbonyl (C=O) groups excluding carboxylic acids is 1. The number of benzene rings is 1. The largest absolute Gasteiger partial charge is 0.352 e. The first-order chi connectivity index (χ1) is 10.5. The summed E-state index contributed by atoms with van der Waals surface area (Å²) in [5.41, 5.74) is 1.52. The van der Waals surface area contributed by atoms with Gasteiger partial charge in [-0.1, -0.05) is 12.1 Å². The maximum atomic E-state index is 11.8. The molecular formula is C15H17N3O3S. The zero-order valence-electron chi connectivity index (χ0n) is 11.9. The van der Waals surface area contributed by atoms with Crippen molar-refractivity contribution < 1.29 is 13.2 Å². The van der Waals surface area contributed by atoms with Crippen LogP contribution in [0, 0.1) is 0 Å². The summed E-state index contributed by atoms with van der Waals surface area (Å²) >= 11 is 0. The van der Waals surface area contributed by atoms with Crippen LogP contribution < -0.4 is 10.5 Å². The van der Waals surface area contributed by atoms with Crippen molar-refractivity contribution in [2.75, 3.05) is 6.54 Å². The molecule has 0 bridgehead atoms. The molecule has 0 saturated heterocycles. The molecule has 1 amide bonds. The van der Waals surface area contributed by atoms with Gasteiger partial charge in [-0.25, -0.2) is 13.6 Å². The minimum absolute atomic E-state index is 0.0983. The highest BCUT2D eigenvalue weighted by Crippen LogP contribution is 2.10. The van der Waals surface area contributed by atoms with E-state index in [0.29, 0.717) is 12.1 Å². The number of rotatable bonds is 6. The van der Waals surface area contributed by atoms with Gasteiger partial charge in [0.1, 0.15) is 0 Å². The number of hydrogen-bond acceptors (Lipinski definition) is 4. The molecule has 1 heterocycles. The quantitative estimate of drug-likeness (QED) is 0.778. The summed E-state index contributed by atoms with van der Waals surface area (Å²) in [6.45, 7) is 0.532. The molecule has 2 rings (SSSR count). The first-order valence-electron chi connectivity index (χ1n) is 6.77. The van der Waals surface area contributed by atoms with E-state index in [9.17, 15) is 13.2 Å². The lowest BCUT2D eigenvalue weighted by Crippen LogP contribution is -2.24. The third-order valence-corrected chi connectivity index (χ3v) is 4.03. The Hall–Kier alpha value is -2.25. The SMILES string of the molecule is NS(=O)(=O)c1ccc(CCCNC(=O)c2cccnc2)cc1. The van der Waals surface area contributed by atoms with E-state index in [1.54, 1.807) is 30.5 Å². The van der Waals surface area contributed by atoms with Crippen LogP contribution in [0.4, 0.5) is 0 Å². The predicted octanol–water partition coefficient (Wildman–Crippen LogP) is 1.09. The van der Waals surface area contributed by atoms with Gasteiger partial charge in [-0.3, -0.25) is 9.78 Å². The van der Waals surface area contributed by atoms with Crippen molar-refractivity contribution in [2.45, 2.75) is 17.7 Å². The Bertz CT molecular complexity index is 728. The first kappa shape index (κ1) is 16.1. The summed E-state index contributed by atoms with van der Waals surface area (Å²) < 4.78 is 22.3. The van der Waals surface area contributed by atoms with Gasteiger partial charge in [0.05, 0.1) is 10.5 Å². The molecule has 0 unspecified atom stereocenters. The molecule has 7 heteroatoms. The lowest BCUT2D eigenvalue weighted by Gasteiger charge is -2.06. The standard InChI is InChI=1S/C15H17N3O3S/c16-22(20,21)14-7-5-12(6-8-14)3-1-10-18-15(19)13-4-2-9-17-11-13/h2,4-9,11H,1,3,10H2,(H,18,19)(H2,16,20,21). The molecule has 0 saturated carbocycles. The predicted molar refractivity (Wildman–Crippen MR) is 82.7 cm³/mol. The Labute approximate surface area is 129 Å². The van der Waals surface area contributed by atoms with E-state index in [1.807, 2.05) is 0 Å². The lowest BCUT2D eigenvalue weighted by atomic mass is 10.1. The van der Waals surface area contributed by atoms with Crippen LogP contribution in [-0.4, -0.2) is 25.9 Å². The summed E-state index contributed by atoms with van der Waals surface area (Å²) in [5, 5.41) is 7.85. The van der Waals surface area contributed by atoms with Gasteiger partial charge >= 0.3 is 0 Å². The number of aryl methyl sites for hydroxylation is 1. The van der Waals surface area contributed by atoms with Crippen LogP contribution in [0.25, 0.3) is 0 Å². The van der Waals surface area contributed by atoms with Crippen molar-refractivity contribution in [2.24, 2.45) is 5.14 Å². The maximum Gasteiger partial charge on any atom is 0.252 e. The Balaban J connectivity index is 1.78. The smallest absolute Gasteiger partial charge is 0.252 e. The number of hydrogen-bond donors (Lipinski definition) is 2. The molecule has 22 heavy (non-hydrogen) atoms. The summed E-state index contributed by atoms with van der Waals surface area (Å²) in [6.07, 6.45) is 4.61. The van der Waals surface area contributed by atoms with Gasteiger partial charge in [-0.2, -0.15) is 0 Å². The fourth-order valence-corrected chi connectivity index (χ4v) is 2.45. The second-order valence-electron chi connectivity index (χ2n) is 4.79. The van der Waals surface area contributed by atoms with Crippen LogP contribution in [0.1, 0.15) is 22.3 Å². The van der Waals surface area contributed by atoms with Crippen LogP contribution in [0.5, 0.6) is 0 Å². The zero-order chi connectivity index (χ0) is 16.0. The van der Waals surface area contributed by atoms with Crippen LogP contribution in [0.2, 0.25) is 0 Å². The Morgan fingerprint density at radius 2 is 1.91 bits per heavy atom. The number of aromatic nitrogens is 1. The molecule has 1 aromatic carbocycles. The monoisotopic (exact) mass is 319 g/mol. The fraction of sp³-hybridized carbons (Fsp3) is 0.200. The zero-order valence-corrected chi connectivity index (χ0v) is 12.7. The molecule has 2 aromatic rings. The molecule has 0 fully saturated rings. The third kappa shape index (κ3) is 4.64. The van der Waals surface area contributed by atoms with Gasteiger partial charge in [0.15, 0.2) is 0 Å². The fourth-order valence-electron chi connectivity index (χ4n) is 1.94. The molecule has 0 aliphatic carbocycles. The number of nitrogens with two attached hydrogens (primary N) is 1.